The number of aromatic hydroxyl groups is 1. The third-order valence-corrected chi connectivity index (χ3v) is 10.7. The van der Waals surface area contributed by atoms with Crippen LogP contribution in [0.15, 0.2) is 47.2 Å². The fourth-order valence-corrected chi connectivity index (χ4v) is 8.76. The molecule has 0 bridgehead atoms. The van der Waals surface area contributed by atoms with Gasteiger partial charge in [-0.15, -0.1) is 0 Å². The number of benzene rings is 2. The maximum absolute atomic E-state index is 14.6. The number of aliphatic hydroxyl groups is 3. The Kier molecular flexibility index (Phi) is 7.97. The summed E-state index contributed by atoms with van der Waals surface area (Å²) in [6.45, 7) is 14.7. The number of ketones is 3. The van der Waals surface area contributed by atoms with Crippen LogP contribution in [0, 0.1) is 28.6 Å². The first kappa shape index (κ1) is 32.7. The van der Waals surface area contributed by atoms with Crippen molar-refractivity contribution in [2.45, 2.75) is 93.1 Å². The first-order valence-corrected chi connectivity index (χ1v) is 16.1. The van der Waals surface area contributed by atoms with E-state index < -0.39 is 56.8 Å². The number of aliphatic hydroxyl groups excluding tert-OH is 2. The van der Waals surface area contributed by atoms with E-state index in [1.54, 1.807) is 20.8 Å². The predicted octanol–water partition coefficient (Wildman–Crippen LogP) is 7.01. The summed E-state index contributed by atoms with van der Waals surface area (Å²) in [7, 11) is 0. The van der Waals surface area contributed by atoms with Crippen LogP contribution in [0.1, 0.15) is 90.5 Å². The number of hydrogen-bond acceptors (Lipinski definition) is 7. The van der Waals surface area contributed by atoms with E-state index in [4.69, 9.17) is 0 Å². The van der Waals surface area contributed by atoms with E-state index in [9.17, 15) is 34.8 Å². The molecule has 0 saturated heterocycles. The van der Waals surface area contributed by atoms with E-state index in [1.807, 2.05) is 13.0 Å². The second kappa shape index (κ2) is 11.0. The normalized spacial score (nSPS) is 28.0. The van der Waals surface area contributed by atoms with Crippen LogP contribution >= 0.6 is 0 Å². The van der Waals surface area contributed by atoms with Crippen molar-refractivity contribution in [3.8, 4) is 16.9 Å². The number of carbonyl (C=O) groups is 3. The van der Waals surface area contributed by atoms with Gasteiger partial charge in [0.15, 0.2) is 17.2 Å². The van der Waals surface area contributed by atoms with E-state index in [-0.39, 0.29) is 35.6 Å². The van der Waals surface area contributed by atoms with Crippen LogP contribution in [0.3, 0.4) is 0 Å². The van der Waals surface area contributed by atoms with Crippen molar-refractivity contribution >= 4 is 23.1 Å². The van der Waals surface area contributed by atoms with Gasteiger partial charge in [0, 0.05) is 22.3 Å². The Morgan fingerprint density at radius 2 is 1.67 bits per heavy atom. The van der Waals surface area contributed by atoms with Crippen molar-refractivity contribution < 1.29 is 34.8 Å². The van der Waals surface area contributed by atoms with Gasteiger partial charge in [-0.25, -0.2) is 0 Å². The van der Waals surface area contributed by atoms with E-state index in [2.05, 4.69) is 39.0 Å². The molecule has 4 atom stereocenters. The van der Waals surface area contributed by atoms with Crippen LogP contribution in [-0.4, -0.2) is 43.4 Å². The van der Waals surface area contributed by atoms with Crippen molar-refractivity contribution in [1.82, 2.24) is 0 Å². The van der Waals surface area contributed by atoms with Crippen molar-refractivity contribution in [2.24, 2.45) is 28.6 Å². The molecule has 7 heteroatoms. The Morgan fingerprint density at radius 3 is 2.24 bits per heavy atom. The Balaban J connectivity index is 1.78. The first-order chi connectivity index (χ1) is 20.9. The summed E-state index contributed by atoms with van der Waals surface area (Å²) in [6, 6.07) is 9.83. The van der Waals surface area contributed by atoms with Gasteiger partial charge in [0.25, 0.3) is 0 Å². The lowest BCUT2D eigenvalue weighted by atomic mass is 9.43. The van der Waals surface area contributed by atoms with Crippen molar-refractivity contribution in [3.05, 3.63) is 69.5 Å². The second-order valence-corrected chi connectivity index (χ2v) is 14.7. The minimum Gasteiger partial charge on any atom is -0.508 e. The SMILES string of the molecule is CCc1ccc(CCC(C)C)cc1-c1ccc(O)c2c1C[C@]1(C)C[C@]3(C)C(C(C)C)C(=O)C(C(C)=O)=C(O)[C@]3(O)C(=O)C1=C2O. The molecule has 2 aromatic carbocycles. The maximum atomic E-state index is 14.6. The molecule has 2 aromatic rings. The summed E-state index contributed by atoms with van der Waals surface area (Å²) in [5.41, 5.74) is -0.913. The number of allylic oxidation sites excluding steroid dienone is 1. The minimum atomic E-state index is -2.62. The number of aryl methyl sites for hydroxylation is 2. The van der Waals surface area contributed by atoms with Gasteiger partial charge in [0.2, 0.25) is 5.78 Å². The average Bonchev–Trinajstić information content (AvgIpc) is 2.93. The highest BCUT2D eigenvalue weighted by Gasteiger charge is 2.72. The van der Waals surface area contributed by atoms with Gasteiger partial charge in [0.1, 0.15) is 22.8 Å². The van der Waals surface area contributed by atoms with Crippen molar-refractivity contribution in [1.29, 1.82) is 0 Å². The standard InChI is InChI=1S/C38H46O7/c1-9-23-13-12-22(11-10-19(2)3)16-25(23)24-14-15-27(40)29-26(24)17-36(7)18-37(8)30(20(4)5)32(41)28(21(6)39)34(43)38(37,45)35(44)31(36)33(29)42/h12-16,19-20,30,40,42-43,45H,9-11,17-18H2,1-8H3/t30?,36-,37-,38+/m1/s1. The molecule has 0 aliphatic heterocycles. The summed E-state index contributed by atoms with van der Waals surface area (Å²) in [5, 5.41) is 46.7. The Morgan fingerprint density at radius 1 is 1.00 bits per heavy atom. The van der Waals surface area contributed by atoms with Gasteiger partial charge >= 0.3 is 0 Å². The van der Waals surface area contributed by atoms with Crippen LogP contribution in [0.2, 0.25) is 0 Å². The second-order valence-electron chi connectivity index (χ2n) is 14.7. The van der Waals surface area contributed by atoms with Gasteiger partial charge in [-0.05, 0) is 84.7 Å². The smallest absolute Gasteiger partial charge is 0.203 e. The van der Waals surface area contributed by atoms with Gasteiger partial charge in [-0.2, -0.15) is 0 Å². The van der Waals surface area contributed by atoms with Crippen molar-refractivity contribution in [3.63, 3.8) is 0 Å². The molecular formula is C38H46O7. The minimum absolute atomic E-state index is 0.0645. The quantitative estimate of drug-likeness (QED) is 0.247. The number of carbonyl (C=O) groups excluding carboxylic acids is 3. The molecule has 45 heavy (non-hydrogen) atoms. The van der Waals surface area contributed by atoms with Gasteiger partial charge in [0.05, 0.1) is 5.56 Å². The fourth-order valence-electron chi connectivity index (χ4n) is 8.76. The maximum Gasteiger partial charge on any atom is 0.203 e. The summed E-state index contributed by atoms with van der Waals surface area (Å²) >= 11 is 0. The molecule has 0 radical (unpaired) electrons. The lowest BCUT2D eigenvalue weighted by molar-refractivity contribution is -0.178. The zero-order chi connectivity index (χ0) is 33.4. The zero-order valence-corrected chi connectivity index (χ0v) is 27.7. The Bertz CT molecular complexity index is 1690. The third-order valence-electron chi connectivity index (χ3n) is 10.7. The third kappa shape index (κ3) is 4.60. The van der Waals surface area contributed by atoms with Crippen LogP contribution in [-0.2, 0) is 33.6 Å². The molecule has 1 saturated carbocycles. The van der Waals surface area contributed by atoms with Crippen LogP contribution < -0.4 is 0 Å². The molecule has 1 unspecified atom stereocenters. The van der Waals surface area contributed by atoms with E-state index in [1.165, 1.54) is 11.6 Å². The number of rotatable bonds is 7. The number of phenols is 1. The molecule has 0 heterocycles. The first-order valence-electron chi connectivity index (χ1n) is 16.1. The summed E-state index contributed by atoms with van der Waals surface area (Å²) < 4.78 is 0. The monoisotopic (exact) mass is 614 g/mol. The summed E-state index contributed by atoms with van der Waals surface area (Å²) in [6.07, 6.45) is 3.03. The Hall–Kier alpha value is -3.71. The lowest BCUT2D eigenvalue weighted by Crippen LogP contribution is -2.69. The summed E-state index contributed by atoms with van der Waals surface area (Å²) in [4.78, 5) is 41.0. The van der Waals surface area contributed by atoms with Gasteiger partial charge in [-0.3, -0.25) is 14.4 Å². The molecule has 0 amide bonds. The largest absolute Gasteiger partial charge is 0.508 e. The number of phenolic OH excluding ortho intramolecular Hbond substituents is 1. The molecule has 0 spiro atoms. The molecule has 240 valence electrons. The van der Waals surface area contributed by atoms with E-state index in [0.29, 0.717) is 11.5 Å². The fraction of sp³-hybridized carbons (Fsp3) is 0.500. The highest BCUT2D eigenvalue weighted by Crippen LogP contribution is 2.65. The molecular weight excluding hydrogens is 568 g/mol. The molecule has 3 aliphatic carbocycles. The number of Topliss-reactive ketones (excluding diaryl/α,β-unsaturated/α-hetero) is 3. The molecule has 3 aliphatic rings. The average molecular weight is 615 g/mol. The van der Waals surface area contributed by atoms with Crippen molar-refractivity contribution in [2.75, 3.05) is 0 Å². The number of fused-ring (bicyclic) bond motifs is 3. The van der Waals surface area contributed by atoms with E-state index in [0.717, 1.165) is 42.9 Å². The highest BCUT2D eigenvalue weighted by atomic mass is 16.3. The molecule has 5 rings (SSSR count). The van der Waals surface area contributed by atoms with Gasteiger partial charge < -0.3 is 20.4 Å². The van der Waals surface area contributed by atoms with Crippen LogP contribution in [0.5, 0.6) is 5.75 Å². The summed E-state index contributed by atoms with van der Waals surface area (Å²) in [5.74, 6) is -4.67. The highest BCUT2D eigenvalue weighted by molar-refractivity contribution is 6.24. The van der Waals surface area contributed by atoms with E-state index >= 15 is 0 Å². The molecule has 7 nitrogen and oxygen atoms in total. The molecule has 4 N–H and O–H groups in total. The van der Waals surface area contributed by atoms with Gasteiger partial charge in [-0.1, -0.05) is 72.7 Å². The predicted molar refractivity (Wildman–Crippen MR) is 174 cm³/mol. The topological polar surface area (TPSA) is 132 Å². The van der Waals surface area contributed by atoms with Crippen LogP contribution in [0.25, 0.3) is 16.9 Å². The zero-order valence-electron chi connectivity index (χ0n) is 27.7. The molecule has 0 aromatic heterocycles. The molecule has 1 fully saturated rings. The lowest BCUT2D eigenvalue weighted by Gasteiger charge is -2.59. The number of hydrogen-bond donors (Lipinski definition) is 4. The van der Waals surface area contributed by atoms with Crippen LogP contribution in [0.4, 0.5) is 0 Å². The Labute approximate surface area is 265 Å².